The molecule has 0 aliphatic heterocycles. The summed E-state index contributed by atoms with van der Waals surface area (Å²) < 4.78 is 12.9. The lowest BCUT2D eigenvalue weighted by Gasteiger charge is -2.29. The highest BCUT2D eigenvalue weighted by Gasteiger charge is 2.16. The molecule has 1 atom stereocenters. The molecule has 0 saturated carbocycles. The number of benzene rings is 1. The van der Waals surface area contributed by atoms with E-state index in [0.717, 1.165) is 19.6 Å². The Morgan fingerprint density at radius 1 is 1.19 bits per heavy atom. The van der Waals surface area contributed by atoms with Gasteiger partial charge in [-0.3, -0.25) is 4.90 Å². The zero-order chi connectivity index (χ0) is 12.0. The summed E-state index contributed by atoms with van der Waals surface area (Å²) in [6.07, 6.45) is 0. The van der Waals surface area contributed by atoms with E-state index in [2.05, 4.69) is 24.1 Å². The lowest BCUT2D eigenvalue weighted by atomic mass is 10.1. The van der Waals surface area contributed by atoms with Gasteiger partial charge in [0.25, 0.3) is 0 Å². The highest BCUT2D eigenvalue weighted by atomic mass is 19.1. The largest absolute Gasteiger partial charge is 0.318 e. The Morgan fingerprint density at radius 2 is 1.75 bits per heavy atom. The molecule has 0 saturated heterocycles. The van der Waals surface area contributed by atoms with Gasteiger partial charge in [-0.15, -0.1) is 0 Å². The molecule has 90 valence electrons. The molecule has 3 heteroatoms. The van der Waals surface area contributed by atoms with Crippen LogP contribution in [0.25, 0.3) is 0 Å². The summed E-state index contributed by atoms with van der Waals surface area (Å²) in [5.74, 6) is -0.175. The van der Waals surface area contributed by atoms with Crippen molar-refractivity contribution in [2.24, 2.45) is 0 Å². The van der Waals surface area contributed by atoms with E-state index in [0.29, 0.717) is 6.04 Å². The van der Waals surface area contributed by atoms with Crippen LogP contribution < -0.4 is 5.32 Å². The van der Waals surface area contributed by atoms with Gasteiger partial charge >= 0.3 is 0 Å². The number of nitrogens with one attached hydrogen (secondary N) is 1. The molecule has 0 amide bonds. The van der Waals surface area contributed by atoms with E-state index in [1.54, 1.807) is 0 Å². The van der Waals surface area contributed by atoms with E-state index < -0.39 is 0 Å². The maximum atomic E-state index is 12.9. The maximum Gasteiger partial charge on any atom is 0.123 e. The van der Waals surface area contributed by atoms with E-state index in [9.17, 15) is 4.39 Å². The van der Waals surface area contributed by atoms with E-state index in [1.807, 2.05) is 19.2 Å². The standard InChI is InChI=1S/C13H21FN2/c1-4-16(5-2)13(10-15-3)11-6-8-12(14)9-7-11/h6-9,13,15H,4-5,10H2,1-3H3. The van der Waals surface area contributed by atoms with Crippen molar-refractivity contribution in [2.45, 2.75) is 19.9 Å². The Balaban J connectivity index is 2.87. The van der Waals surface area contributed by atoms with Gasteiger partial charge in [0.2, 0.25) is 0 Å². The average molecular weight is 224 g/mol. The van der Waals surface area contributed by atoms with Gasteiger partial charge in [-0.2, -0.15) is 0 Å². The van der Waals surface area contributed by atoms with Gasteiger partial charge in [0.15, 0.2) is 0 Å². The summed E-state index contributed by atoms with van der Waals surface area (Å²) in [6.45, 7) is 7.18. The van der Waals surface area contributed by atoms with E-state index in [1.165, 1.54) is 17.7 Å². The molecule has 1 aromatic rings. The van der Waals surface area contributed by atoms with Crippen LogP contribution in [-0.2, 0) is 0 Å². The molecule has 1 aromatic carbocycles. The third-order valence-electron chi connectivity index (χ3n) is 2.91. The molecular weight excluding hydrogens is 203 g/mol. The predicted octanol–water partition coefficient (Wildman–Crippen LogP) is 2.43. The number of nitrogens with zero attached hydrogens (tertiary/aromatic N) is 1. The molecule has 1 rings (SSSR count). The second-order valence-corrected chi connectivity index (χ2v) is 3.85. The van der Waals surface area contributed by atoms with Crippen LogP contribution in [0.15, 0.2) is 24.3 Å². The summed E-state index contributed by atoms with van der Waals surface area (Å²) in [5, 5.41) is 3.19. The summed E-state index contributed by atoms with van der Waals surface area (Å²) in [5.41, 5.74) is 1.17. The summed E-state index contributed by atoms with van der Waals surface area (Å²) >= 11 is 0. The monoisotopic (exact) mass is 224 g/mol. The Labute approximate surface area is 97.5 Å². The van der Waals surface area contributed by atoms with Crippen LogP contribution in [0.1, 0.15) is 25.5 Å². The van der Waals surface area contributed by atoms with Crippen LogP contribution in [-0.4, -0.2) is 31.6 Å². The van der Waals surface area contributed by atoms with Crippen molar-refractivity contribution < 1.29 is 4.39 Å². The Kier molecular flexibility index (Phi) is 5.43. The highest BCUT2D eigenvalue weighted by molar-refractivity contribution is 5.20. The molecule has 0 bridgehead atoms. The van der Waals surface area contributed by atoms with Gasteiger partial charge in [0.1, 0.15) is 5.82 Å². The van der Waals surface area contributed by atoms with Crippen molar-refractivity contribution in [1.82, 2.24) is 10.2 Å². The van der Waals surface area contributed by atoms with Gasteiger partial charge < -0.3 is 5.32 Å². The van der Waals surface area contributed by atoms with Gasteiger partial charge in [-0.1, -0.05) is 26.0 Å². The van der Waals surface area contributed by atoms with Crippen LogP contribution in [0.5, 0.6) is 0 Å². The minimum Gasteiger partial charge on any atom is -0.318 e. The van der Waals surface area contributed by atoms with Crippen molar-refractivity contribution in [2.75, 3.05) is 26.7 Å². The fourth-order valence-electron chi connectivity index (χ4n) is 2.00. The smallest absolute Gasteiger partial charge is 0.123 e. The Morgan fingerprint density at radius 3 is 2.19 bits per heavy atom. The number of hydrogen-bond acceptors (Lipinski definition) is 2. The molecule has 0 spiro atoms. The molecule has 0 fully saturated rings. The summed E-state index contributed by atoms with van der Waals surface area (Å²) in [7, 11) is 1.94. The second kappa shape index (κ2) is 6.61. The minimum absolute atomic E-state index is 0.175. The molecule has 0 heterocycles. The average Bonchev–Trinajstić information content (AvgIpc) is 2.31. The van der Waals surface area contributed by atoms with Crippen LogP contribution >= 0.6 is 0 Å². The third kappa shape index (κ3) is 3.29. The summed E-state index contributed by atoms with van der Waals surface area (Å²) in [4.78, 5) is 2.36. The Bertz CT molecular complexity index is 293. The zero-order valence-electron chi connectivity index (χ0n) is 10.3. The van der Waals surface area contributed by atoms with Gasteiger partial charge in [-0.05, 0) is 37.8 Å². The van der Waals surface area contributed by atoms with Crippen LogP contribution in [0.2, 0.25) is 0 Å². The number of hydrogen-bond donors (Lipinski definition) is 1. The van der Waals surface area contributed by atoms with Crippen LogP contribution in [0.3, 0.4) is 0 Å². The first-order valence-electron chi connectivity index (χ1n) is 5.87. The van der Waals surface area contributed by atoms with Crippen LogP contribution in [0, 0.1) is 5.82 Å². The molecule has 0 aliphatic rings. The van der Waals surface area contributed by atoms with Crippen molar-refractivity contribution in [1.29, 1.82) is 0 Å². The molecule has 0 aliphatic carbocycles. The lowest BCUT2D eigenvalue weighted by Crippen LogP contribution is -2.34. The number of likely N-dealkylation sites (N-methyl/N-ethyl adjacent to an activating group) is 2. The molecule has 1 unspecified atom stereocenters. The van der Waals surface area contributed by atoms with E-state index in [4.69, 9.17) is 0 Å². The molecule has 16 heavy (non-hydrogen) atoms. The topological polar surface area (TPSA) is 15.3 Å². The zero-order valence-corrected chi connectivity index (χ0v) is 10.3. The van der Waals surface area contributed by atoms with Crippen molar-refractivity contribution >= 4 is 0 Å². The maximum absolute atomic E-state index is 12.9. The summed E-state index contributed by atoms with van der Waals surface area (Å²) in [6, 6.07) is 7.12. The highest BCUT2D eigenvalue weighted by Crippen LogP contribution is 2.19. The van der Waals surface area contributed by atoms with Crippen molar-refractivity contribution in [3.63, 3.8) is 0 Å². The first-order valence-corrected chi connectivity index (χ1v) is 5.87. The quantitative estimate of drug-likeness (QED) is 0.798. The van der Waals surface area contributed by atoms with Crippen molar-refractivity contribution in [3.8, 4) is 0 Å². The minimum atomic E-state index is -0.175. The molecule has 0 radical (unpaired) electrons. The molecule has 1 N–H and O–H groups in total. The third-order valence-corrected chi connectivity index (χ3v) is 2.91. The van der Waals surface area contributed by atoms with Gasteiger partial charge in [-0.25, -0.2) is 4.39 Å². The first kappa shape index (κ1) is 13.1. The molecular formula is C13H21FN2. The first-order chi connectivity index (χ1) is 7.72. The second-order valence-electron chi connectivity index (χ2n) is 3.85. The van der Waals surface area contributed by atoms with Gasteiger partial charge in [0, 0.05) is 12.6 Å². The Hall–Kier alpha value is -0.930. The SMILES string of the molecule is CCN(CC)C(CNC)c1ccc(F)cc1. The molecule has 2 nitrogen and oxygen atoms in total. The molecule has 0 aromatic heterocycles. The number of rotatable bonds is 6. The fraction of sp³-hybridized carbons (Fsp3) is 0.538. The van der Waals surface area contributed by atoms with E-state index in [-0.39, 0.29) is 5.82 Å². The van der Waals surface area contributed by atoms with Crippen molar-refractivity contribution in [3.05, 3.63) is 35.6 Å². The number of halogens is 1. The van der Waals surface area contributed by atoms with Crippen LogP contribution in [0.4, 0.5) is 4.39 Å². The fourth-order valence-corrected chi connectivity index (χ4v) is 2.00. The van der Waals surface area contributed by atoms with Gasteiger partial charge in [0.05, 0.1) is 0 Å². The predicted molar refractivity (Wildman–Crippen MR) is 66.0 cm³/mol. The normalized spacial score (nSPS) is 13.1. The lowest BCUT2D eigenvalue weighted by molar-refractivity contribution is 0.216. The van der Waals surface area contributed by atoms with E-state index >= 15 is 0 Å².